The van der Waals surface area contributed by atoms with Crippen LogP contribution in [0.25, 0.3) is 0 Å². The molecule has 64 valence electrons. The van der Waals surface area contributed by atoms with Gasteiger partial charge in [-0.1, -0.05) is 19.1 Å². The van der Waals surface area contributed by atoms with E-state index >= 15 is 0 Å². The number of carbonyl (C=O) groups is 1. The predicted molar refractivity (Wildman–Crippen MR) is 47.1 cm³/mol. The molecule has 0 fully saturated rings. The van der Waals surface area contributed by atoms with Crippen LogP contribution in [0.1, 0.15) is 30.1 Å². The fraction of sp³-hybridized carbons (Fsp3) is 0.300. The molecule has 2 heteroatoms. The van der Waals surface area contributed by atoms with Gasteiger partial charge in [0.05, 0.1) is 11.8 Å². The molecule has 0 aliphatic rings. The van der Waals surface area contributed by atoms with Gasteiger partial charge >= 0.3 is 0 Å². The number of hydrogen-bond acceptors (Lipinski definition) is 2. The summed E-state index contributed by atoms with van der Waals surface area (Å²) in [6.45, 7) is 5.76. The molecule has 0 aromatic carbocycles. The number of allylic oxidation sites excluding steroid dienone is 1. The first-order valence-electron chi connectivity index (χ1n) is 3.96. The molecule has 1 aromatic rings. The molecule has 1 heterocycles. The minimum Gasteiger partial charge on any atom is -0.472 e. The molecular formula is C10H12O2. The van der Waals surface area contributed by atoms with Crippen molar-refractivity contribution in [1.82, 2.24) is 0 Å². The van der Waals surface area contributed by atoms with Gasteiger partial charge in [0.1, 0.15) is 6.26 Å². The summed E-state index contributed by atoms with van der Waals surface area (Å²) < 4.78 is 4.80. The molecule has 0 unspecified atom stereocenters. The number of carbonyl (C=O) groups excluding carboxylic acids is 1. The van der Waals surface area contributed by atoms with Crippen LogP contribution in [0.5, 0.6) is 0 Å². The third-order valence-corrected chi connectivity index (χ3v) is 1.75. The molecule has 0 bridgehead atoms. The van der Waals surface area contributed by atoms with E-state index in [1.165, 1.54) is 12.5 Å². The number of Topliss-reactive ketones (excluding diaryl/α,β-unsaturated/α-hetero) is 1. The molecule has 0 aliphatic heterocycles. The standard InChI is InChI=1S/C10H12O2/c1-3-8(2)6-10(11)9-4-5-12-7-9/h4-5,7H,2-3,6H2,1H3. The first kappa shape index (κ1) is 8.78. The monoisotopic (exact) mass is 164 g/mol. The highest BCUT2D eigenvalue weighted by atomic mass is 16.3. The van der Waals surface area contributed by atoms with E-state index in [4.69, 9.17) is 4.42 Å². The summed E-state index contributed by atoms with van der Waals surface area (Å²) >= 11 is 0. The Bertz CT molecular complexity index is 270. The topological polar surface area (TPSA) is 30.2 Å². The maximum absolute atomic E-state index is 11.4. The molecular weight excluding hydrogens is 152 g/mol. The average Bonchev–Trinajstić information content (AvgIpc) is 2.56. The van der Waals surface area contributed by atoms with Gasteiger partial charge in [-0.3, -0.25) is 4.79 Å². The van der Waals surface area contributed by atoms with Crippen molar-refractivity contribution >= 4 is 5.78 Å². The van der Waals surface area contributed by atoms with Crippen LogP contribution in [0.4, 0.5) is 0 Å². The largest absolute Gasteiger partial charge is 0.472 e. The lowest BCUT2D eigenvalue weighted by atomic mass is 10.1. The molecule has 1 rings (SSSR count). The molecule has 1 aromatic heterocycles. The zero-order valence-corrected chi connectivity index (χ0v) is 7.17. The zero-order chi connectivity index (χ0) is 8.97. The molecule has 0 radical (unpaired) electrons. The highest BCUT2D eigenvalue weighted by Gasteiger charge is 2.07. The van der Waals surface area contributed by atoms with E-state index in [0.29, 0.717) is 12.0 Å². The second-order valence-electron chi connectivity index (χ2n) is 2.72. The van der Waals surface area contributed by atoms with E-state index < -0.39 is 0 Å². The molecule has 12 heavy (non-hydrogen) atoms. The molecule has 0 atom stereocenters. The van der Waals surface area contributed by atoms with Crippen LogP contribution in [0.3, 0.4) is 0 Å². The Kier molecular flexibility index (Phi) is 2.86. The zero-order valence-electron chi connectivity index (χ0n) is 7.17. The van der Waals surface area contributed by atoms with Gasteiger partial charge in [-0.05, 0) is 12.5 Å². The smallest absolute Gasteiger partial charge is 0.170 e. The Labute approximate surface area is 71.9 Å². The minimum absolute atomic E-state index is 0.0793. The van der Waals surface area contributed by atoms with E-state index in [1.54, 1.807) is 6.07 Å². The van der Waals surface area contributed by atoms with Gasteiger partial charge in [0.15, 0.2) is 5.78 Å². The second kappa shape index (κ2) is 3.90. The molecule has 0 aliphatic carbocycles. The van der Waals surface area contributed by atoms with Crippen molar-refractivity contribution < 1.29 is 9.21 Å². The fourth-order valence-corrected chi connectivity index (χ4v) is 0.877. The van der Waals surface area contributed by atoms with Crippen LogP contribution in [-0.2, 0) is 0 Å². The molecule has 2 nitrogen and oxygen atoms in total. The summed E-state index contributed by atoms with van der Waals surface area (Å²) in [6.07, 6.45) is 4.24. The predicted octanol–water partition coefficient (Wildman–Crippen LogP) is 2.82. The van der Waals surface area contributed by atoms with Crippen molar-refractivity contribution in [2.24, 2.45) is 0 Å². The summed E-state index contributed by atoms with van der Waals surface area (Å²) in [5.74, 6) is 0.0793. The van der Waals surface area contributed by atoms with E-state index in [1.807, 2.05) is 6.92 Å². The highest BCUT2D eigenvalue weighted by Crippen LogP contribution is 2.10. The van der Waals surface area contributed by atoms with Gasteiger partial charge in [0, 0.05) is 6.42 Å². The number of rotatable bonds is 4. The Morgan fingerprint density at radius 3 is 2.92 bits per heavy atom. The summed E-state index contributed by atoms with van der Waals surface area (Å²) in [5.41, 5.74) is 1.59. The van der Waals surface area contributed by atoms with Gasteiger partial charge in [-0.15, -0.1) is 0 Å². The van der Waals surface area contributed by atoms with Crippen LogP contribution >= 0.6 is 0 Å². The SMILES string of the molecule is C=C(CC)CC(=O)c1ccoc1. The number of ketones is 1. The maximum Gasteiger partial charge on any atom is 0.170 e. The van der Waals surface area contributed by atoms with E-state index in [-0.39, 0.29) is 5.78 Å². The van der Waals surface area contributed by atoms with Crippen molar-refractivity contribution in [2.75, 3.05) is 0 Å². The summed E-state index contributed by atoms with van der Waals surface area (Å²) in [6, 6.07) is 1.67. The van der Waals surface area contributed by atoms with Crippen LogP contribution in [0, 0.1) is 0 Å². The lowest BCUT2D eigenvalue weighted by Gasteiger charge is -1.98. The summed E-state index contributed by atoms with van der Waals surface area (Å²) in [7, 11) is 0. The normalized spacial score (nSPS) is 9.75. The lowest BCUT2D eigenvalue weighted by Crippen LogP contribution is -1.97. The Balaban J connectivity index is 2.56. The minimum atomic E-state index is 0.0793. The highest BCUT2D eigenvalue weighted by molar-refractivity contribution is 5.97. The van der Waals surface area contributed by atoms with Crippen molar-refractivity contribution in [3.05, 3.63) is 36.3 Å². The Morgan fingerprint density at radius 1 is 1.67 bits per heavy atom. The van der Waals surface area contributed by atoms with Crippen molar-refractivity contribution in [1.29, 1.82) is 0 Å². The molecule has 0 amide bonds. The van der Waals surface area contributed by atoms with E-state index in [2.05, 4.69) is 6.58 Å². The van der Waals surface area contributed by atoms with E-state index in [9.17, 15) is 4.79 Å². The van der Waals surface area contributed by atoms with Gasteiger partial charge in [-0.25, -0.2) is 0 Å². The Hall–Kier alpha value is -1.31. The van der Waals surface area contributed by atoms with Crippen molar-refractivity contribution in [3.8, 4) is 0 Å². The van der Waals surface area contributed by atoms with Gasteiger partial charge in [-0.2, -0.15) is 0 Å². The lowest BCUT2D eigenvalue weighted by molar-refractivity contribution is 0.0992. The third-order valence-electron chi connectivity index (χ3n) is 1.75. The molecule has 0 saturated carbocycles. The quantitative estimate of drug-likeness (QED) is 0.506. The summed E-state index contributed by atoms with van der Waals surface area (Å²) in [5, 5.41) is 0. The number of furan rings is 1. The maximum atomic E-state index is 11.4. The van der Waals surface area contributed by atoms with Gasteiger partial charge in [0.2, 0.25) is 0 Å². The van der Waals surface area contributed by atoms with Crippen LogP contribution < -0.4 is 0 Å². The Morgan fingerprint density at radius 2 is 2.42 bits per heavy atom. The molecule has 0 N–H and O–H groups in total. The third kappa shape index (κ3) is 2.09. The van der Waals surface area contributed by atoms with Gasteiger partial charge < -0.3 is 4.42 Å². The van der Waals surface area contributed by atoms with E-state index in [0.717, 1.165) is 12.0 Å². The van der Waals surface area contributed by atoms with Gasteiger partial charge in [0.25, 0.3) is 0 Å². The molecule has 0 saturated heterocycles. The molecule has 0 spiro atoms. The van der Waals surface area contributed by atoms with Crippen LogP contribution in [0.15, 0.2) is 35.2 Å². The fourth-order valence-electron chi connectivity index (χ4n) is 0.877. The first-order valence-corrected chi connectivity index (χ1v) is 3.96. The first-order chi connectivity index (χ1) is 5.74. The summed E-state index contributed by atoms with van der Waals surface area (Å²) in [4.78, 5) is 11.4. The average molecular weight is 164 g/mol. The number of hydrogen-bond donors (Lipinski definition) is 0. The second-order valence-corrected chi connectivity index (χ2v) is 2.72. The van der Waals surface area contributed by atoms with Crippen LogP contribution in [-0.4, -0.2) is 5.78 Å². The van der Waals surface area contributed by atoms with Crippen molar-refractivity contribution in [2.45, 2.75) is 19.8 Å². The van der Waals surface area contributed by atoms with Crippen LogP contribution in [0.2, 0.25) is 0 Å². The van der Waals surface area contributed by atoms with Crippen molar-refractivity contribution in [3.63, 3.8) is 0 Å².